The standard InChI is InChI=1S/C14H17NO7S/c1-18-11-4-8-10(5-12(11)19-2)20-6-9-13(22-15-14(8)9)7-21-23(3,16)17/h4-5,9,13H,6-7H2,1-3H3. The van der Waals surface area contributed by atoms with E-state index < -0.39 is 16.2 Å². The molecule has 2 atom stereocenters. The fraction of sp³-hybridized carbons (Fsp3) is 0.500. The maximum atomic E-state index is 11.1. The molecule has 0 aliphatic carbocycles. The zero-order valence-electron chi connectivity index (χ0n) is 12.9. The zero-order chi connectivity index (χ0) is 16.6. The van der Waals surface area contributed by atoms with Crippen molar-refractivity contribution in [3.05, 3.63) is 17.7 Å². The number of ether oxygens (including phenoxy) is 3. The minimum atomic E-state index is -3.54. The summed E-state index contributed by atoms with van der Waals surface area (Å²) in [5, 5.41) is 4.08. The lowest BCUT2D eigenvalue weighted by Gasteiger charge is -2.25. The molecule has 0 amide bonds. The molecule has 9 heteroatoms. The summed E-state index contributed by atoms with van der Waals surface area (Å²) in [6.07, 6.45) is 0.481. The highest BCUT2D eigenvalue weighted by Crippen LogP contribution is 2.40. The van der Waals surface area contributed by atoms with Crippen LogP contribution in [0.4, 0.5) is 0 Å². The van der Waals surface area contributed by atoms with E-state index in [2.05, 4.69) is 5.16 Å². The first-order valence-electron chi connectivity index (χ1n) is 6.90. The molecule has 0 N–H and O–H groups in total. The van der Waals surface area contributed by atoms with E-state index in [0.717, 1.165) is 11.8 Å². The lowest BCUT2D eigenvalue weighted by Crippen LogP contribution is -2.36. The molecule has 0 spiro atoms. The van der Waals surface area contributed by atoms with Crippen LogP contribution in [0, 0.1) is 5.92 Å². The molecular weight excluding hydrogens is 326 g/mol. The van der Waals surface area contributed by atoms with Gasteiger partial charge in [0, 0.05) is 11.6 Å². The summed E-state index contributed by atoms with van der Waals surface area (Å²) < 4.78 is 43.3. The Morgan fingerprint density at radius 3 is 2.61 bits per heavy atom. The van der Waals surface area contributed by atoms with E-state index in [1.54, 1.807) is 26.4 Å². The topological polar surface area (TPSA) is 92.6 Å². The number of rotatable bonds is 5. The molecule has 2 aliphatic heterocycles. The Bertz CT molecular complexity index is 744. The van der Waals surface area contributed by atoms with Crippen LogP contribution in [-0.4, -0.2) is 53.9 Å². The second kappa shape index (κ2) is 5.89. The first kappa shape index (κ1) is 15.9. The van der Waals surface area contributed by atoms with Crippen LogP contribution in [0.1, 0.15) is 5.56 Å². The smallest absolute Gasteiger partial charge is 0.264 e. The molecule has 2 aliphatic rings. The molecule has 0 fully saturated rings. The maximum Gasteiger partial charge on any atom is 0.264 e. The number of methoxy groups -OCH3 is 2. The van der Waals surface area contributed by atoms with E-state index in [0.29, 0.717) is 29.6 Å². The molecule has 0 radical (unpaired) electrons. The van der Waals surface area contributed by atoms with Gasteiger partial charge in [0.05, 0.1) is 26.4 Å². The van der Waals surface area contributed by atoms with E-state index in [1.807, 2.05) is 0 Å². The minimum Gasteiger partial charge on any atom is -0.493 e. The number of nitrogens with zero attached hydrogens (tertiary/aromatic N) is 1. The van der Waals surface area contributed by atoms with Gasteiger partial charge in [-0.1, -0.05) is 5.16 Å². The Morgan fingerprint density at radius 1 is 1.26 bits per heavy atom. The van der Waals surface area contributed by atoms with Crippen molar-refractivity contribution in [3.8, 4) is 17.2 Å². The lowest BCUT2D eigenvalue weighted by molar-refractivity contribution is 0.0175. The molecule has 8 nitrogen and oxygen atoms in total. The predicted molar refractivity (Wildman–Crippen MR) is 80.7 cm³/mol. The van der Waals surface area contributed by atoms with Crippen molar-refractivity contribution in [1.82, 2.24) is 0 Å². The first-order chi connectivity index (χ1) is 10.9. The van der Waals surface area contributed by atoms with Crippen molar-refractivity contribution in [3.63, 3.8) is 0 Å². The van der Waals surface area contributed by atoms with Crippen LogP contribution in [0.3, 0.4) is 0 Å². The van der Waals surface area contributed by atoms with Crippen molar-refractivity contribution < 1.29 is 31.6 Å². The molecule has 2 unspecified atom stereocenters. The van der Waals surface area contributed by atoms with Gasteiger partial charge in [0.1, 0.15) is 24.7 Å². The third-order valence-corrected chi connectivity index (χ3v) is 4.28. The molecule has 3 rings (SSSR count). The average Bonchev–Trinajstić information content (AvgIpc) is 2.94. The first-order valence-corrected chi connectivity index (χ1v) is 8.72. The number of hydrogen-bond donors (Lipinski definition) is 0. The lowest BCUT2D eigenvalue weighted by atomic mass is 9.90. The summed E-state index contributed by atoms with van der Waals surface area (Å²) in [7, 11) is -0.449. The van der Waals surface area contributed by atoms with Gasteiger partial charge in [-0.05, 0) is 6.07 Å². The summed E-state index contributed by atoms with van der Waals surface area (Å²) in [4.78, 5) is 5.33. The predicted octanol–water partition coefficient (Wildman–Crippen LogP) is 0.791. The summed E-state index contributed by atoms with van der Waals surface area (Å²) in [6.45, 7) is 0.210. The number of benzene rings is 1. The fourth-order valence-corrected chi connectivity index (χ4v) is 2.95. The fourth-order valence-electron chi connectivity index (χ4n) is 2.57. The van der Waals surface area contributed by atoms with Gasteiger partial charge in [-0.25, -0.2) is 0 Å². The third kappa shape index (κ3) is 3.06. The van der Waals surface area contributed by atoms with Gasteiger partial charge in [0.2, 0.25) is 0 Å². The van der Waals surface area contributed by atoms with E-state index in [-0.39, 0.29) is 12.5 Å². The number of oxime groups is 1. The SMILES string of the molecule is COc1cc2c(cc1OC)C1=NOC(COS(C)(=O)=O)C1CO2. The van der Waals surface area contributed by atoms with Crippen LogP contribution in [0.5, 0.6) is 17.2 Å². The Morgan fingerprint density at radius 2 is 1.96 bits per heavy atom. The van der Waals surface area contributed by atoms with Crippen molar-refractivity contribution in [2.24, 2.45) is 11.1 Å². The summed E-state index contributed by atoms with van der Waals surface area (Å²) in [5.74, 6) is 1.52. The van der Waals surface area contributed by atoms with Gasteiger partial charge in [-0.2, -0.15) is 8.42 Å². The second-order valence-electron chi connectivity index (χ2n) is 5.23. The van der Waals surface area contributed by atoms with E-state index in [1.165, 1.54) is 0 Å². The molecule has 0 bridgehead atoms. The average molecular weight is 343 g/mol. The highest BCUT2D eigenvalue weighted by molar-refractivity contribution is 7.85. The van der Waals surface area contributed by atoms with E-state index in [9.17, 15) is 8.42 Å². The molecule has 0 saturated carbocycles. The zero-order valence-corrected chi connectivity index (χ0v) is 13.8. The van der Waals surface area contributed by atoms with Crippen molar-refractivity contribution in [1.29, 1.82) is 0 Å². The van der Waals surface area contributed by atoms with Crippen LogP contribution in [0.2, 0.25) is 0 Å². The van der Waals surface area contributed by atoms with Crippen molar-refractivity contribution >= 4 is 15.8 Å². The summed E-state index contributed by atoms with van der Waals surface area (Å²) in [6, 6.07) is 3.50. The summed E-state index contributed by atoms with van der Waals surface area (Å²) in [5.41, 5.74) is 1.43. The van der Waals surface area contributed by atoms with Crippen molar-refractivity contribution in [2.45, 2.75) is 6.10 Å². The number of hydrogen-bond acceptors (Lipinski definition) is 8. The van der Waals surface area contributed by atoms with Gasteiger partial charge >= 0.3 is 0 Å². The van der Waals surface area contributed by atoms with Gasteiger partial charge in [0.15, 0.2) is 17.6 Å². The molecule has 2 heterocycles. The minimum absolute atomic E-state index is 0.109. The largest absolute Gasteiger partial charge is 0.493 e. The van der Waals surface area contributed by atoms with Gasteiger partial charge < -0.3 is 19.0 Å². The van der Waals surface area contributed by atoms with Crippen LogP contribution in [-0.2, 0) is 19.1 Å². The molecular formula is C14H17NO7S. The molecule has 1 aromatic carbocycles. The van der Waals surface area contributed by atoms with Crippen LogP contribution in [0.25, 0.3) is 0 Å². The highest BCUT2D eigenvalue weighted by Gasteiger charge is 2.41. The van der Waals surface area contributed by atoms with Crippen LogP contribution < -0.4 is 14.2 Å². The molecule has 0 aromatic heterocycles. The molecule has 126 valence electrons. The van der Waals surface area contributed by atoms with Crippen LogP contribution >= 0.6 is 0 Å². The molecule has 1 aromatic rings. The quantitative estimate of drug-likeness (QED) is 0.730. The van der Waals surface area contributed by atoms with Crippen LogP contribution in [0.15, 0.2) is 17.3 Å². The normalized spacial score (nSPS) is 22.3. The maximum absolute atomic E-state index is 11.1. The Kier molecular flexibility index (Phi) is 4.07. The second-order valence-corrected chi connectivity index (χ2v) is 6.87. The van der Waals surface area contributed by atoms with E-state index >= 15 is 0 Å². The van der Waals surface area contributed by atoms with Crippen molar-refractivity contribution in [2.75, 3.05) is 33.7 Å². The van der Waals surface area contributed by atoms with Gasteiger partial charge in [-0.3, -0.25) is 4.18 Å². The third-order valence-electron chi connectivity index (χ3n) is 3.71. The van der Waals surface area contributed by atoms with Gasteiger partial charge in [0.25, 0.3) is 10.1 Å². The highest BCUT2D eigenvalue weighted by atomic mass is 32.2. The van der Waals surface area contributed by atoms with Gasteiger partial charge in [-0.15, -0.1) is 0 Å². The summed E-state index contributed by atoms with van der Waals surface area (Å²) >= 11 is 0. The molecule has 0 saturated heterocycles. The Labute approximate surface area is 134 Å². The molecule has 23 heavy (non-hydrogen) atoms. The van der Waals surface area contributed by atoms with E-state index in [4.69, 9.17) is 23.2 Å². The Balaban J connectivity index is 1.85. The monoisotopic (exact) mass is 343 g/mol. The Hall–Kier alpha value is -2.00. The number of fused-ring (bicyclic) bond motifs is 3.